The summed E-state index contributed by atoms with van der Waals surface area (Å²) in [6.45, 7) is 1.42. The van der Waals surface area contributed by atoms with Gasteiger partial charge in [-0.1, -0.05) is 30.3 Å². The van der Waals surface area contributed by atoms with Gasteiger partial charge in [-0.3, -0.25) is 9.69 Å². The Kier molecular flexibility index (Phi) is 6.86. The summed E-state index contributed by atoms with van der Waals surface area (Å²) >= 11 is 0. The number of halogens is 4. The Morgan fingerprint density at radius 2 is 1.70 bits per heavy atom. The molecule has 2 aromatic rings. The Bertz CT molecular complexity index is 753. The first kappa shape index (κ1) is 21.2. The third kappa shape index (κ3) is 5.45. The van der Waals surface area contributed by atoms with Crippen LogP contribution in [0.4, 0.5) is 18.9 Å². The van der Waals surface area contributed by atoms with Crippen LogP contribution in [0.15, 0.2) is 54.6 Å². The minimum Gasteiger partial charge on any atom is -0.326 e. The van der Waals surface area contributed by atoms with Crippen molar-refractivity contribution in [1.82, 2.24) is 4.90 Å². The number of anilines is 1. The fraction of sp³-hybridized carbons (Fsp3) is 0.316. The second-order valence-electron chi connectivity index (χ2n) is 6.50. The minimum atomic E-state index is -4.39. The Hall–Kier alpha value is -2.09. The molecule has 8 heteroatoms. The summed E-state index contributed by atoms with van der Waals surface area (Å²) in [6.07, 6.45) is -4.39. The fourth-order valence-corrected chi connectivity index (χ4v) is 3.24. The van der Waals surface area contributed by atoms with Crippen LogP contribution in [0.2, 0.25) is 0 Å². The number of hydrogen-bond acceptors (Lipinski definition) is 3. The number of benzene rings is 2. The van der Waals surface area contributed by atoms with Gasteiger partial charge in [-0.2, -0.15) is 13.2 Å². The van der Waals surface area contributed by atoms with Crippen molar-refractivity contribution in [2.45, 2.75) is 18.1 Å². The molecule has 4 nitrogen and oxygen atoms in total. The highest BCUT2D eigenvalue weighted by Gasteiger charge is 2.32. The summed E-state index contributed by atoms with van der Waals surface area (Å²) in [7, 11) is 0. The van der Waals surface area contributed by atoms with Crippen molar-refractivity contribution in [3.05, 3.63) is 65.7 Å². The lowest BCUT2D eigenvalue weighted by Gasteiger charge is -2.16. The van der Waals surface area contributed by atoms with E-state index in [0.29, 0.717) is 18.8 Å². The molecule has 3 rings (SSSR count). The Balaban J connectivity index is 0.00000261. The van der Waals surface area contributed by atoms with E-state index in [2.05, 4.69) is 5.32 Å². The zero-order chi connectivity index (χ0) is 18.7. The third-order valence-corrected chi connectivity index (χ3v) is 4.53. The van der Waals surface area contributed by atoms with Crippen molar-refractivity contribution in [1.29, 1.82) is 0 Å². The van der Waals surface area contributed by atoms with Crippen LogP contribution in [-0.2, 0) is 11.0 Å². The van der Waals surface area contributed by atoms with Crippen LogP contribution in [-0.4, -0.2) is 36.5 Å². The van der Waals surface area contributed by atoms with Gasteiger partial charge in [0, 0.05) is 30.7 Å². The summed E-state index contributed by atoms with van der Waals surface area (Å²) in [6, 6.07) is 14.3. The fourth-order valence-electron chi connectivity index (χ4n) is 3.24. The largest absolute Gasteiger partial charge is 0.416 e. The van der Waals surface area contributed by atoms with Crippen LogP contribution in [0.25, 0.3) is 0 Å². The second-order valence-corrected chi connectivity index (χ2v) is 6.50. The molecule has 0 aromatic heterocycles. The van der Waals surface area contributed by atoms with Crippen molar-refractivity contribution < 1.29 is 18.0 Å². The van der Waals surface area contributed by atoms with E-state index in [4.69, 9.17) is 5.73 Å². The smallest absolute Gasteiger partial charge is 0.326 e. The number of carbonyl (C=O) groups excluding carboxylic acids is 1. The molecule has 1 aliphatic rings. The number of alkyl halides is 3. The van der Waals surface area contributed by atoms with Gasteiger partial charge in [0.15, 0.2) is 0 Å². The van der Waals surface area contributed by atoms with Crippen molar-refractivity contribution in [2.75, 3.05) is 25.0 Å². The maximum absolute atomic E-state index is 12.6. The number of hydrogen-bond donors (Lipinski definition) is 2. The van der Waals surface area contributed by atoms with Crippen LogP contribution >= 0.6 is 12.4 Å². The quantitative estimate of drug-likeness (QED) is 0.827. The Labute approximate surface area is 161 Å². The molecule has 1 aliphatic heterocycles. The molecule has 0 saturated carbocycles. The Morgan fingerprint density at radius 1 is 1.07 bits per heavy atom. The van der Waals surface area contributed by atoms with E-state index in [-0.39, 0.29) is 36.8 Å². The average molecular weight is 400 g/mol. The molecule has 2 atom stereocenters. The van der Waals surface area contributed by atoms with Gasteiger partial charge in [-0.05, 0) is 29.8 Å². The third-order valence-electron chi connectivity index (χ3n) is 4.53. The number of nitrogens with zero attached hydrogens (tertiary/aromatic N) is 1. The number of nitrogens with one attached hydrogen (secondary N) is 1. The van der Waals surface area contributed by atoms with Gasteiger partial charge in [-0.25, -0.2) is 0 Å². The minimum absolute atomic E-state index is 0. The predicted octanol–water partition coefficient (Wildman–Crippen LogP) is 3.49. The topological polar surface area (TPSA) is 58.4 Å². The highest BCUT2D eigenvalue weighted by atomic mass is 35.5. The van der Waals surface area contributed by atoms with Gasteiger partial charge >= 0.3 is 6.18 Å². The molecule has 3 N–H and O–H groups in total. The van der Waals surface area contributed by atoms with Crippen LogP contribution < -0.4 is 11.1 Å². The molecule has 27 heavy (non-hydrogen) atoms. The highest BCUT2D eigenvalue weighted by Crippen LogP contribution is 2.30. The molecule has 0 radical (unpaired) electrons. The van der Waals surface area contributed by atoms with Crippen LogP contribution in [0, 0.1) is 0 Å². The molecule has 1 saturated heterocycles. The molecule has 2 aromatic carbocycles. The first-order chi connectivity index (χ1) is 12.3. The zero-order valence-corrected chi connectivity index (χ0v) is 15.3. The van der Waals surface area contributed by atoms with E-state index in [0.717, 1.165) is 17.7 Å². The maximum atomic E-state index is 12.6. The summed E-state index contributed by atoms with van der Waals surface area (Å²) in [5.74, 6) is -0.110. The van der Waals surface area contributed by atoms with Gasteiger partial charge in [0.25, 0.3) is 0 Å². The van der Waals surface area contributed by atoms with Gasteiger partial charge in [0.1, 0.15) is 0 Å². The monoisotopic (exact) mass is 399 g/mol. The summed E-state index contributed by atoms with van der Waals surface area (Å²) in [5, 5.41) is 2.63. The van der Waals surface area contributed by atoms with Crippen molar-refractivity contribution in [3.63, 3.8) is 0 Å². The molecule has 0 bridgehead atoms. The molecule has 0 unspecified atom stereocenters. The number of rotatable bonds is 4. The Morgan fingerprint density at radius 3 is 2.30 bits per heavy atom. The van der Waals surface area contributed by atoms with E-state index >= 15 is 0 Å². The molecule has 0 spiro atoms. The zero-order valence-electron chi connectivity index (χ0n) is 14.4. The molecule has 1 amide bonds. The van der Waals surface area contributed by atoms with E-state index in [1.54, 1.807) is 0 Å². The predicted molar refractivity (Wildman–Crippen MR) is 101 cm³/mol. The van der Waals surface area contributed by atoms with Gasteiger partial charge in [-0.15, -0.1) is 12.4 Å². The number of amides is 1. The number of likely N-dealkylation sites (tertiary alicyclic amines) is 1. The van der Waals surface area contributed by atoms with Crippen molar-refractivity contribution in [3.8, 4) is 0 Å². The van der Waals surface area contributed by atoms with Crippen molar-refractivity contribution >= 4 is 24.0 Å². The molecular weight excluding hydrogens is 379 g/mol. The first-order valence-electron chi connectivity index (χ1n) is 8.33. The van der Waals surface area contributed by atoms with Crippen molar-refractivity contribution in [2.24, 2.45) is 5.73 Å². The van der Waals surface area contributed by atoms with Gasteiger partial charge in [0.2, 0.25) is 5.91 Å². The first-order valence-corrected chi connectivity index (χ1v) is 8.33. The highest BCUT2D eigenvalue weighted by molar-refractivity contribution is 5.92. The normalized spacial score (nSPS) is 20.1. The van der Waals surface area contributed by atoms with Gasteiger partial charge < -0.3 is 11.1 Å². The number of nitrogens with two attached hydrogens (primary N) is 1. The molecular formula is C19H21ClF3N3O. The molecule has 1 fully saturated rings. The standard InChI is InChI=1S/C19H20F3N3O.ClH/c20-19(21,22)14-6-8-15(9-7-14)24-18(26)12-25-10-16(17(23)11-25)13-4-2-1-3-5-13;/h1-9,16-17H,10-12,23H2,(H,24,26);1H/t16-,17+;/m0./s1. The van der Waals surface area contributed by atoms with Crippen LogP contribution in [0.5, 0.6) is 0 Å². The van der Waals surface area contributed by atoms with E-state index in [1.807, 2.05) is 35.2 Å². The summed E-state index contributed by atoms with van der Waals surface area (Å²) in [4.78, 5) is 14.1. The van der Waals surface area contributed by atoms with E-state index in [9.17, 15) is 18.0 Å². The van der Waals surface area contributed by atoms with E-state index < -0.39 is 11.7 Å². The van der Waals surface area contributed by atoms with Crippen LogP contribution in [0.1, 0.15) is 17.0 Å². The second kappa shape index (κ2) is 8.73. The lowest BCUT2D eigenvalue weighted by atomic mass is 9.95. The molecule has 1 heterocycles. The van der Waals surface area contributed by atoms with Crippen LogP contribution in [0.3, 0.4) is 0 Å². The summed E-state index contributed by atoms with van der Waals surface area (Å²) in [5.41, 5.74) is 6.95. The number of carbonyl (C=O) groups is 1. The average Bonchev–Trinajstić information content (AvgIpc) is 2.95. The lowest BCUT2D eigenvalue weighted by molar-refractivity contribution is -0.137. The van der Waals surface area contributed by atoms with E-state index in [1.165, 1.54) is 12.1 Å². The molecule has 146 valence electrons. The SMILES string of the molecule is Cl.N[C@@H]1CN(CC(=O)Nc2ccc(C(F)(F)F)cc2)C[C@H]1c1ccccc1. The summed E-state index contributed by atoms with van der Waals surface area (Å²) < 4.78 is 37.7. The maximum Gasteiger partial charge on any atom is 0.416 e. The molecule has 0 aliphatic carbocycles. The lowest BCUT2D eigenvalue weighted by Crippen LogP contribution is -2.33. The van der Waals surface area contributed by atoms with Gasteiger partial charge in [0.05, 0.1) is 12.1 Å².